The van der Waals surface area contributed by atoms with Gasteiger partial charge in [0.2, 0.25) is 0 Å². The van der Waals surface area contributed by atoms with Crippen molar-refractivity contribution in [2.45, 2.75) is 0 Å². The van der Waals surface area contributed by atoms with E-state index in [1.165, 1.54) is 44.7 Å². The van der Waals surface area contributed by atoms with E-state index in [4.69, 9.17) is 25.5 Å². The molecule has 2 aromatic carbocycles. The van der Waals surface area contributed by atoms with Crippen molar-refractivity contribution in [2.75, 3.05) is 14.2 Å². The van der Waals surface area contributed by atoms with Gasteiger partial charge in [0.1, 0.15) is 5.58 Å². The highest BCUT2D eigenvalue weighted by Crippen LogP contribution is 2.32. The van der Waals surface area contributed by atoms with Crippen molar-refractivity contribution in [1.82, 2.24) is 5.43 Å². The van der Waals surface area contributed by atoms with E-state index in [-0.39, 0.29) is 11.4 Å². The summed E-state index contributed by atoms with van der Waals surface area (Å²) in [5.41, 5.74) is 3.06. The first-order valence-electron chi connectivity index (χ1n) is 7.86. The maximum absolute atomic E-state index is 12.2. The molecule has 1 heterocycles. The van der Waals surface area contributed by atoms with Gasteiger partial charge in [0.25, 0.3) is 5.69 Å². The molecule has 144 valence electrons. The van der Waals surface area contributed by atoms with Crippen LogP contribution in [0.5, 0.6) is 11.5 Å². The van der Waals surface area contributed by atoms with Crippen LogP contribution in [0.25, 0.3) is 11.0 Å². The number of hydrogen-bond acceptors (Lipinski definition) is 7. The number of furan rings is 1. The molecule has 1 aromatic heterocycles. The molecule has 0 fully saturated rings. The summed E-state index contributed by atoms with van der Waals surface area (Å²) in [4.78, 5) is 22.5. The first-order valence-corrected chi connectivity index (χ1v) is 8.23. The smallest absolute Gasteiger partial charge is 0.307 e. The topological polar surface area (TPSA) is 116 Å². The average Bonchev–Trinajstić information content (AvgIpc) is 3.12. The van der Waals surface area contributed by atoms with E-state index >= 15 is 0 Å². The van der Waals surface area contributed by atoms with Gasteiger partial charge in [-0.1, -0.05) is 11.6 Å². The SMILES string of the molecule is COc1cc(Cl)c(/C=N\NC(=O)c2cc3cc([N+](=O)[O-])ccc3o2)cc1OC. The molecule has 0 saturated carbocycles. The first-order chi connectivity index (χ1) is 13.4. The number of methoxy groups -OCH3 is 2. The molecule has 0 aliphatic rings. The number of nitrogens with zero attached hydrogens (tertiary/aromatic N) is 2. The second-order valence-electron chi connectivity index (χ2n) is 5.52. The van der Waals surface area contributed by atoms with Crippen LogP contribution < -0.4 is 14.9 Å². The number of fused-ring (bicyclic) bond motifs is 1. The van der Waals surface area contributed by atoms with E-state index in [0.29, 0.717) is 33.1 Å². The number of ether oxygens (including phenoxy) is 2. The molecule has 0 saturated heterocycles. The van der Waals surface area contributed by atoms with Gasteiger partial charge in [-0.3, -0.25) is 14.9 Å². The Bertz CT molecular complexity index is 1090. The lowest BCUT2D eigenvalue weighted by molar-refractivity contribution is -0.384. The van der Waals surface area contributed by atoms with Gasteiger partial charge in [0.15, 0.2) is 17.3 Å². The molecule has 1 N–H and O–H groups in total. The summed E-state index contributed by atoms with van der Waals surface area (Å²) in [5, 5.41) is 15.5. The molecular weight excluding hydrogens is 390 g/mol. The third-order valence-corrected chi connectivity index (χ3v) is 4.13. The minimum atomic E-state index is -0.619. The Morgan fingerprint density at radius 2 is 1.93 bits per heavy atom. The summed E-state index contributed by atoms with van der Waals surface area (Å²) >= 11 is 6.15. The van der Waals surface area contributed by atoms with Gasteiger partial charge >= 0.3 is 5.91 Å². The van der Waals surface area contributed by atoms with Crippen LogP contribution >= 0.6 is 11.6 Å². The third kappa shape index (κ3) is 3.89. The first kappa shape index (κ1) is 19.2. The lowest BCUT2D eigenvalue weighted by Crippen LogP contribution is -2.16. The molecule has 3 rings (SSSR count). The molecule has 9 nitrogen and oxygen atoms in total. The second-order valence-corrected chi connectivity index (χ2v) is 5.92. The number of carbonyl (C=O) groups excluding carboxylic acids is 1. The van der Waals surface area contributed by atoms with Crippen molar-refractivity contribution in [3.05, 3.63) is 62.9 Å². The van der Waals surface area contributed by atoms with E-state index < -0.39 is 10.8 Å². The molecule has 0 unspecified atom stereocenters. The van der Waals surface area contributed by atoms with Crippen LogP contribution in [0, 0.1) is 10.1 Å². The van der Waals surface area contributed by atoms with Gasteiger partial charge < -0.3 is 13.9 Å². The number of nitro groups is 1. The maximum atomic E-state index is 12.2. The number of benzene rings is 2. The number of hydrazone groups is 1. The van der Waals surface area contributed by atoms with Gasteiger partial charge in [-0.2, -0.15) is 5.10 Å². The monoisotopic (exact) mass is 403 g/mol. The standard InChI is InChI=1S/C18H14ClN3O6/c1-26-15-7-11(13(19)8-16(15)27-2)9-20-21-18(23)17-6-10-5-12(22(24)25)3-4-14(10)28-17/h3-9H,1-2H3,(H,21,23)/b20-9-. The lowest BCUT2D eigenvalue weighted by Gasteiger charge is -2.09. The largest absolute Gasteiger partial charge is 0.493 e. The highest BCUT2D eigenvalue weighted by Gasteiger charge is 2.15. The fraction of sp³-hybridized carbons (Fsp3) is 0.111. The number of amides is 1. The van der Waals surface area contributed by atoms with E-state index in [0.717, 1.165) is 0 Å². The fourth-order valence-corrected chi connectivity index (χ4v) is 2.64. The number of hydrogen-bond donors (Lipinski definition) is 1. The van der Waals surface area contributed by atoms with E-state index in [1.807, 2.05) is 0 Å². The number of rotatable bonds is 6. The summed E-state index contributed by atoms with van der Waals surface area (Å²) < 4.78 is 15.7. The number of halogens is 1. The van der Waals surface area contributed by atoms with Gasteiger partial charge in [-0.15, -0.1) is 0 Å². The molecule has 3 aromatic rings. The van der Waals surface area contributed by atoms with Gasteiger partial charge in [-0.25, -0.2) is 5.43 Å². The van der Waals surface area contributed by atoms with E-state index in [1.54, 1.807) is 12.1 Å². The molecule has 0 radical (unpaired) electrons. The van der Waals surface area contributed by atoms with Crippen LogP contribution in [0.3, 0.4) is 0 Å². The minimum absolute atomic E-state index is 0.0361. The van der Waals surface area contributed by atoms with E-state index in [9.17, 15) is 14.9 Å². The zero-order valence-corrected chi connectivity index (χ0v) is 15.5. The van der Waals surface area contributed by atoms with Crippen LogP contribution in [0.2, 0.25) is 5.02 Å². The van der Waals surface area contributed by atoms with Crippen LogP contribution in [0.15, 0.2) is 45.9 Å². The van der Waals surface area contributed by atoms with Crippen LogP contribution in [-0.2, 0) is 0 Å². The van der Waals surface area contributed by atoms with Crippen molar-refractivity contribution in [3.8, 4) is 11.5 Å². The van der Waals surface area contributed by atoms with Crippen molar-refractivity contribution < 1.29 is 23.6 Å². The Kier molecular flexibility index (Phi) is 5.46. The van der Waals surface area contributed by atoms with Gasteiger partial charge in [0.05, 0.1) is 30.4 Å². The molecular formula is C18H14ClN3O6. The van der Waals surface area contributed by atoms with Crippen molar-refractivity contribution in [1.29, 1.82) is 0 Å². The summed E-state index contributed by atoms with van der Waals surface area (Å²) in [6, 6.07) is 8.62. The molecule has 0 atom stereocenters. The molecule has 28 heavy (non-hydrogen) atoms. The Morgan fingerprint density at radius 1 is 1.21 bits per heavy atom. The number of nitro benzene ring substituents is 1. The van der Waals surface area contributed by atoms with Crippen LogP contribution in [0.1, 0.15) is 16.1 Å². The Balaban J connectivity index is 1.77. The predicted molar refractivity (Wildman–Crippen MR) is 102 cm³/mol. The van der Waals surface area contributed by atoms with Crippen LogP contribution in [0.4, 0.5) is 5.69 Å². The predicted octanol–water partition coefficient (Wildman–Crippen LogP) is 3.78. The molecule has 0 bridgehead atoms. The van der Waals surface area contributed by atoms with Crippen molar-refractivity contribution in [2.24, 2.45) is 5.10 Å². The number of non-ortho nitro benzene ring substituents is 1. The molecule has 10 heteroatoms. The summed E-state index contributed by atoms with van der Waals surface area (Å²) in [7, 11) is 2.98. The summed E-state index contributed by atoms with van der Waals surface area (Å²) in [6.45, 7) is 0. The Hall–Kier alpha value is -3.59. The van der Waals surface area contributed by atoms with Crippen LogP contribution in [-0.4, -0.2) is 31.3 Å². The molecule has 0 spiro atoms. The molecule has 0 aliphatic heterocycles. The third-order valence-electron chi connectivity index (χ3n) is 3.81. The lowest BCUT2D eigenvalue weighted by atomic mass is 10.2. The normalized spacial score (nSPS) is 11.0. The second kappa shape index (κ2) is 7.97. The van der Waals surface area contributed by atoms with Crippen molar-refractivity contribution in [3.63, 3.8) is 0 Å². The fourth-order valence-electron chi connectivity index (χ4n) is 2.44. The maximum Gasteiger partial charge on any atom is 0.307 e. The Labute approximate surface area is 163 Å². The number of nitrogens with one attached hydrogen (secondary N) is 1. The quantitative estimate of drug-likeness (QED) is 0.380. The Morgan fingerprint density at radius 3 is 2.61 bits per heavy atom. The zero-order chi connectivity index (χ0) is 20.3. The van der Waals surface area contributed by atoms with Gasteiger partial charge in [-0.05, 0) is 18.2 Å². The summed E-state index contributed by atoms with van der Waals surface area (Å²) in [5.74, 6) is 0.265. The minimum Gasteiger partial charge on any atom is -0.493 e. The summed E-state index contributed by atoms with van der Waals surface area (Å²) in [6.07, 6.45) is 1.34. The van der Waals surface area contributed by atoms with Gasteiger partial charge in [0, 0.05) is 29.1 Å². The highest BCUT2D eigenvalue weighted by molar-refractivity contribution is 6.33. The zero-order valence-electron chi connectivity index (χ0n) is 14.8. The van der Waals surface area contributed by atoms with Crippen molar-refractivity contribution >= 4 is 40.4 Å². The highest BCUT2D eigenvalue weighted by atomic mass is 35.5. The van der Waals surface area contributed by atoms with E-state index in [2.05, 4.69) is 10.5 Å². The average molecular weight is 404 g/mol. The molecule has 0 aliphatic carbocycles. The molecule has 1 amide bonds. The number of carbonyl (C=O) groups is 1.